The zero-order valence-electron chi connectivity index (χ0n) is 14.4. The summed E-state index contributed by atoms with van der Waals surface area (Å²) in [5.41, 5.74) is 9.03. The SMILES string of the molecule is Nc1ccc(Nc2ncc3cnn(-c4ccc5ccccc5c4)c3n2)cc1. The molecule has 0 spiro atoms. The summed E-state index contributed by atoms with van der Waals surface area (Å²) in [6, 6.07) is 21.9. The van der Waals surface area contributed by atoms with Crippen LogP contribution in [0, 0.1) is 0 Å². The number of nitrogens with one attached hydrogen (secondary N) is 1. The topological polar surface area (TPSA) is 81.6 Å². The van der Waals surface area contributed by atoms with Gasteiger partial charge in [0, 0.05) is 17.6 Å². The first-order chi connectivity index (χ1) is 13.3. The normalized spacial score (nSPS) is 11.1. The fourth-order valence-electron chi connectivity index (χ4n) is 3.07. The van der Waals surface area contributed by atoms with Crippen LogP contribution in [0.4, 0.5) is 17.3 Å². The number of nitrogens with two attached hydrogens (primary N) is 1. The predicted octanol–water partition coefficient (Wildman–Crippen LogP) is 4.29. The van der Waals surface area contributed by atoms with Crippen LogP contribution >= 0.6 is 0 Å². The number of hydrogen-bond acceptors (Lipinski definition) is 5. The Morgan fingerprint density at radius 2 is 1.63 bits per heavy atom. The Morgan fingerprint density at radius 3 is 2.48 bits per heavy atom. The van der Waals surface area contributed by atoms with Gasteiger partial charge in [0.05, 0.1) is 17.3 Å². The van der Waals surface area contributed by atoms with Crippen LogP contribution in [0.25, 0.3) is 27.5 Å². The van der Waals surface area contributed by atoms with Crippen molar-refractivity contribution in [1.29, 1.82) is 0 Å². The Labute approximate surface area is 155 Å². The molecular weight excluding hydrogens is 336 g/mol. The Hall–Kier alpha value is -3.93. The van der Waals surface area contributed by atoms with E-state index in [9.17, 15) is 0 Å². The lowest BCUT2D eigenvalue weighted by Gasteiger charge is -2.07. The van der Waals surface area contributed by atoms with Crippen LogP contribution in [-0.2, 0) is 0 Å². The molecule has 5 aromatic rings. The van der Waals surface area contributed by atoms with Crippen molar-refractivity contribution in [3.8, 4) is 5.69 Å². The smallest absolute Gasteiger partial charge is 0.229 e. The van der Waals surface area contributed by atoms with Gasteiger partial charge in [0.1, 0.15) is 0 Å². The van der Waals surface area contributed by atoms with Crippen LogP contribution in [0.1, 0.15) is 0 Å². The molecule has 27 heavy (non-hydrogen) atoms. The maximum atomic E-state index is 5.73. The number of hydrogen-bond donors (Lipinski definition) is 2. The van der Waals surface area contributed by atoms with E-state index in [-0.39, 0.29) is 0 Å². The van der Waals surface area contributed by atoms with Gasteiger partial charge in [0.15, 0.2) is 5.65 Å². The second kappa shape index (κ2) is 6.10. The van der Waals surface area contributed by atoms with Gasteiger partial charge >= 0.3 is 0 Å². The number of benzene rings is 3. The molecule has 0 unspecified atom stereocenters. The minimum Gasteiger partial charge on any atom is -0.399 e. The Kier molecular flexibility index (Phi) is 3.47. The van der Waals surface area contributed by atoms with Crippen LogP contribution in [-0.4, -0.2) is 19.7 Å². The van der Waals surface area contributed by atoms with Gasteiger partial charge in [-0.15, -0.1) is 0 Å². The zero-order valence-corrected chi connectivity index (χ0v) is 14.4. The summed E-state index contributed by atoms with van der Waals surface area (Å²) in [7, 11) is 0. The highest BCUT2D eigenvalue weighted by Gasteiger charge is 2.09. The molecule has 5 rings (SSSR count). The lowest BCUT2D eigenvalue weighted by molar-refractivity contribution is 0.897. The summed E-state index contributed by atoms with van der Waals surface area (Å²) >= 11 is 0. The van der Waals surface area contributed by atoms with Gasteiger partial charge in [-0.05, 0) is 47.2 Å². The van der Waals surface area contributed by atoms with Crippen molar-refractivity contribution in [2.45, 2.75) is 0 Å². The first-order valence-corrected chi connectivity index (χ1v) is 8.59. The third-order valence-electron chi connectivity index (χ3n) is 4.45. The minimum atomic E-state index is 0.509. The molecule has 0 amide bonds. The van der Waals surface area contributed by atoms with E-state index in [4.69, 9.17) is 5.73 Å². The zero-order chi connectivity index (χ0) is 18.2. The molecule has 0 saturated heterocycles. The van der Waals surface area contributed by atoms with Crippen molar-refractivity contribution in [2.24, 2.45) is 0 Å². The first-order valence-electron chi connectivity index (χ1n) is 8.59. The number of anilines is 3. The minimum absolute atomic E-state index is 0.509. The molecule has 0 aliphatic heterocycles. The Bertz CT molecular complexity index is 1260. The molecule has 2 heterocycles. The highest BCUT2D eigenvalue weighted by Crippen LogP contribution is 2.22. The summed E-state index contributed by atoms with van der Waals surface area (Å²) in [6.45, 7) is 0. The number of nitrogens with zero attached hydrogens (tertiary/aromatic N) is 4. The number of aromatic nitrogens is 4. The van der Waals surface area contributed by atoms with Crippen molar-refractivity contribution in [3.63, 3.8) is 0 Å². The first kappa shape index (κ1) is 15.3. The molecule has 2 aromatic heterocycles. The van der Waals surface area contributed by atoms with Gasteiger partial charge in [0.2, 0.25) is 5.95 Å². The van der Waals surface area contributed by atoms with E-state index in [0.717, 1.165) is 27.8 Å². The molecule has 6 nitrogen and oxygen atoms in total. The maximum Gasteiger partial charge on any atom is 0.229 e. The van der Waals surface area contributed by atoms with Crippen LogP contribution in [0.3, 0.4) is 0 Å². The second-order valence-electron chi connectivity index (χ2n) is 6.31. The summed E-state index contributed by atoms with van der Waals surface area (Å²) in [5, 5.41) is 10.9. The van der Waals surface area contributed by atoms with Crippen molar-refractivity contribution in [1.82, 2.24) is 19.7 Å². The van der Waals surface area contributed by atoms with E-state index in [1.807, 2.05) is 47.1 Å². The summed E-state index contributed by atoms with van der Waals surface area (Å²) in [4.78, 5) is 9.03. The van der Waals surface area contributed by atoms with E-state index in [1.54, 1.807) is 12.4 Å². The molecular formula is C21H16N6. The Balaban J connectivity index is 1.57. The Morgan fingerprint density at radius 1 is 0.815 bits per heavy atom. The highest BCUT2D eigenvalue weighted by molar-refractivity contribution is 5.85. The van der Waals surface area contributed by atoms with Gasteiger partial charge in [-0.1, -0.05) is 30.3 Å². The van der Waals surface area contributed by atoms with Crippen molar-refractivity contribution < 1.29 is 0 Å². The second-order valence-corrected chi connectivity index (χ2v) is 6.31. The average Bonchev–Trinajstić information content (AvgIpc) is 3.13. The maximum absolute atomic E-state index is 5.73. The lowest BCUT2D eigenvalue weighted by atomic mass is 10.1. The molecule has 6 heteroatoms. The van der Waals surface area contributed by atoms with Crippen molar-refractivity contribution in [2.75, 3.05) is 11.1 Å². The fraction of sp³-hybridized carbons (Fsp3) is 0. The van der Waals surface area contributed by atoms with Crippen LogP contribution in [0.2, 0.25) is 0 Å². The molecule has 0 fully saturated rings. The highest BCUT2D eigenvalue weighted by atomic mass is 15.3. The van der Waals surface area contributed by atoms with Gasteiger partial charge in [-0.3, -0.25) is 0 Å². The molecule has 0 aliphatic rings. The molecule has 0 aliphatic carbocycles. The van der Waals surface area contributed by atoms with E-state index < -0.39 is 0 Å². The van der Waals surface area contributed by atoms with Crippen LogP contribution < -0.4 is 11.1 Å². The number of fused-ring (bicyclic) bond motifs is 2. The molecule has 0 saturated carbocycles. The number of rotatable bonds is 3. The molecule has 3 N–H and O–H groups in total. The number of nitrogen functional groups attached to an aromatic ring is 1. The fourth-order valence-corrected chi connectivity index (χ4v) is 3.07. The summed E-state index contributed by atoms with van der Waals surface area (Å²) < 4.78 is 1.83. The van der Waals surface area contributed by atoms with E-state index >= 15 is 0 Å². The van der Waals surface area contributed by atoms with Crippen LogP contribution in [0.15, 0.2) is 79.1 Å². The monoisotopic (exact) mass is 352 g/mol. The largest absolute Gasteiger partial charge is 0.399 e. The van der Waals surface area contributed by atoms with Gasteiger partial charge in [-0.25, -0.2) is 9.67 Å². The molecule has 3 aromatic carbocycles. The summed E-state index contributed by atoms with van der Waals surface area (Å²) in [6.07, 6.45) is 3.55. The van der Waals surface area contributed by atoms with Gasteiger partial charge in [0.25, 0.3) is 0 Å². The van der Waals surface area contributed by atoms with Crippen molar-refractivity contribution in [3.05, 3.63) is 79.1 Å². The summed E-state index contributed by atoms with van der Waals surface area (Å²) in [5.74, 6) is 0.509. The average molecular weight is 352 g/mol. The molecule has 0 radical (unpaired) electrons. The van der Waals surface area contributed by atoms with Crippen LogP contribution in [0.5, 0.6) is 0 Å². The van der Waals surface area contributed by atoms with Crippen molar-refractivity contribution >= 4 is 39.1 Å². The lowest BCUT2D eigenvalue weighted by Crippen LogP contribution is -2.01. The quantitative estimate of drug-likeness (QED) is 0.473. The molecule has 0 bridgehead atoms. The molecule has 0 atom stereocenters. The standard InChI is InChI=1S/C21H16N6/c22-17-6-8-18(9-7-17)25-21-23-12-16-13-24-27(20(16)26-21)19-10-5-14-3-1-2-4-15(14)11-19/h1-13H,22H2,(H,23,25,26). The van der Waals surface area contributed by atoms with E-state index in [2.05, 4.69) is 44.6 Å². The van der Waals surface area contributed by atoms with Gasteiger partial charge < -0.3 is 11.1 Å². The third kappa shape index (κ3) is 2.83. The van der Waals surface area contributed by atoms with E-state index in [0.29, 0.717) is 11.6 Å². The van der Waals surface area contributed by atoms with E-state index in [1.165, 1.54) is 5.39 Å². The predicted molar refractivity (Wildman–Crippen MR) is 108 cm³/mol. The molecule has 130 valence electrons. The van der Waals surface area contributed by atoms with Gasteiger partial charge in [-0.2, -0.15) is 10.1 Å². The third-order valence-corrected chi connectivity index (χ3v) is 4.45.